The highest BCUT2D eigenvalue weighted by Gasteiger charge is 2.35. The van der Waals surface area contributed by atoms with Crippen LogP contribution in [0.4, 0.5) is 0 Å². The van der Waals surface area contributed by atoms with Gasteiger partial charge in [-0.2, -0.15) is 0 Å². The third-order valence-corrected chi connectivity index (χ3v) is 8.72. The Morgan fingerprint density at radius 2 is 1.54 bits per heavy atom. The van der Waals surface area contributed by atoms with Gasteiger partial charge >= 0.3 is 11.9 Å². The lowest BCUT2D eigenvalue weighted by molar-refractivity contribution is -0.148. The predicted molar refractivity (Wildman–Crippen MR) is 152 cm³/mol. The zero-order valence-electron chi connectivity index (χ0n) is 22.8. The van der Waals surface area contributed by atoms with E-state index in [0.717, 1.165) is 35.3 Å². The summed E-state index contributed by atoms with van der Waals surface area (Å²) in [5, 5.41) is 20.9. The first-order chi connectivity index (χ1) is 19.4. The summed E-state index contributed by atoms with van der Waals surface area (Å²) in [7, 11) is -3.97. The first kappa shape index (κ1) is 31.8. The Hall–Kier alpha value is -3.77. The molecule has 222 valence electrons. The minimum absolute atomic E-state index is 0.218. The molecule has 0 saturated heterocycles. The molecule has 0 spiro atoms. The Morgan fingerprint density at radius 3 is 2.12 bits per heavy atom. The summed E-state index contributed by atoms with van der Waals surface area (Å²) in [6, 6.07) is 13.3. The molecule has 5 N–H and O–H groups in total. The highest BCUT2D eigenvalue weighted by molar-refractivity contribution is 7.90. The molecule has 1 aliphatic carbocycles. The number of carboxylic acids is 2. The van der Waals surface area contributed by atoms with Crippen LogP contribution in [0, 0.1) is 0 Å². The summed E-state index contributed by atoms with van der Waals surface area (Å²) >= 11 is 0. The first-order valence-corrected chi connectivity index (χ1v) is 15.4. The van der Waals surface area contributed by atoms with Gasteiger partial charge in [0.2, 0.25) is 11.8 Å². The van der Waals surface area contributed by atoms with Gasteiger partial charge in [0.15, 0.2) is 9.84 Å². The first-order valence-electron chi connectivity index (χ1n) is 13.6. The van der Waals surface area contributed by atoms with Gasteiger partial charge in [0, 0.05) is 12.5 Å². The molecule has 0 aromatic heterocycles. The average Bonchev–Trinajstić information content (AvgIpc) is 2.94. The number of nitrogens with zero attached hydrogens (tertiary/aromatic N) is 1. The van der Waals surface area contributed by atoms with Gasteiger partial charge < -0.3 is 26.2 Å². The number of benzene rings is 2. The summed E-state index contributed by atoms with van der Waals surface area (Å²) in [5.41, 5.74) is 7.84. The summed E-state index contributed by atoms with van der Waals surface area (Å²) in [5.74, 6) is -5.22. The summed E-state index contributed by atoms with van der Waals surface area (Å²) < 4.78 is 26.6. The van der Waals surface area contributed by atoms with Crippen LogP contribution in [0.15, 0.2) is 54.6 Å². The number of rotatable bonds is 14. The van der Waals surface area contributed by atoms with Crippen LogP contribution in [0.5, 0.6) is 0 Å². The van der Waals surface area contributed by atoms with E-state index >= 15 is 0 Å². The highest BCUT2D eigenvalue weighted by atomic mass is 32.2. The van der Waals surface area contributed by atoms with Crippen molar-refractivity contribution in [1.82, 2.24) is 10.2 Å². The lowest BCUT2D eigenvalue weighted by Crippen LogP contribution is -2.56. The maximum atomic E-state index is 13.7. The van der Waals surface area contributed by atoms with E-state index < -0.39 is 63.7 Å². The zero-order valence-corrected chi connectivity index (χ0v) is 23.6. The van der Waals surface area contributed by atoms with Gasteiger partial charge in [0.1, 0.15) is 18.6 Å². The minimum atomic E-state index is -3.97. The summed E-state index contributed by atoms with van der Waals surface area (Å²) in [6.45, 7) is -0.624. The van der Waals surface area contributed by atoms with Crippen molar-refractivity contribution in [3.05, 3.63) is 60.2 Å². The number of sulfone groups is 1. The topological polar surface area (TPSA) is 184 Å². The second kappa shape index (κ2) is 14.7. The Balaban J connectivity index is 1.80. The van der Waals surface area contributed by atoms with Crippen molar-refractivity contribution in [2.75, 3.05) is 12.3 Å². The van der Waals surface area contributed by atoms with Crippen LogP contribution in [0.3, 0.4) is 0 Å². The Morgan fingerprint density at radius 1 is 0.927 bits per heavy atom. The number of carbonyl (C=O) groups is 4. The fraction of sp³-hybridized carbons (Fsp3) is 0.448. The minimum Gasteiger partial charge on any atom is -0.480 e. The molecule has 1 aliphatic rings. The molecule has 0 bridgehead atoms. The normalized spacial score (nSPS) is 15.4. The monoisotopic (exact) mass is 587 g/mol. The van der Waals surface area contributed by atoms with E-state index in [0.29, 0.717) is 18.4 Å². The van der Waals surface area contributed by atoms with Gasteiger partial charge in [0.05, 0.1) is 11.5 Å². The van der Waals surface area contributed by atoms with Crippen LogP contribution < -0.4 is 11.1 Å². The number of carbonyl (C=O) groups excluding carboxylic acids is 2. The molecule has 11 nitrogen and oxygen atoms in total. The molecule has 1 saturated carbocycles. The van der Waals surface area contributed by atoms with Crippen molar-refractivity contribution in [1.29, 1.82) is 0 Å². The van der Waals surface area contributed by atoms with Crippen molar-refractivity contribution in [2.24, 2.45) is 5.73 Å². The van der Waals surface area contributed by atoms with Crippen molar-refractivity contribution >= 4 is 33.6 Å². The van der Waals surface area contributed by atoms with Crippen molar-refractivity contribution in [3.63, 3.8) is 0 Å². The fourth-order valence-electron chi connectivity index (χ4n) is 4.97. The van der Waals surface area contributed by atoms with Crippen LogP contribution in [0.25, 0.3) is 11.1 Å². The molecule has 12 heteroatoms. The second-order valence-corrected chi connectivity index (χ2v) is 12.5. The fourth-order valence-corrected chi connectivity index (χ4v) is 6.52. The third kappa shape index (κ3) is 9.98. The van der Waals surface area contributed by atoms with Gasteiger partial charge in [-0.15, -0.1) is 0 Å². The summed E-state index contributed by atoms with van der Waals surface area (Å²) in [4.78, 5) is 50.1. The molecule has 2 atom stereocenters. The summed E-state index contributed by atoms with van der Waals surface area (Å²) in [6.07, 6.45) is 3.14. The maximum Gasteiger partial charge on any atom is 0.323 e. The number of nitrogens with one attached hydrogen (secondary N) is 1. The van der Waals surface area contributed by atoms with Crippen LogP contribution in [0.2, 0.25) is 0 Å². The molecule has 3 rings (SSSR count). The van der Waals surface area contributed by atoms with Crippen molar-refractivity contribution in [2.45, 2.75) is 68.8 Å². The van der Waals surface area contributed by atoms with Crippen LogP contribution in [0.1, 0.15) is 50.5 Å². The molecule has 41 heavy (non-hydrogen) atoms. The molecule has 0 radical (unpaired) electrons. The number of hydrogen-bond donors (Lipinski definition) is 4. The molecule has 2 aromatic carbocycles. The molecule has 2 amide bonds. The molecular weight excluding hydrogens is 550 g/mol. The lowest BCUT2D eigenvalue weighted by atomic mass is 9.93. The highest BCUT2D eigenvalue weighted by Crippen LogP contribution is 2.24. The molecular formula is C29H37N3O8S. The van der Waals surface area contributed by atoms with Crippen LogP contribution >= 0.6 is 0 Å². The number of nitrogens with two attached hydrogens (primary N) is 1. The zero-order chi connectivity index (χ0) is 30.0. The van der Waals surface area contributed by atoms with Gasteiger partial charge in [-0.25, -0.2) is 8.42 Å². The van der Waals surface area contributed by atoms with E-state index in [-0.39, 0.29) is 18.9 Å². The van der Waals surface area contributed by atoms with Gasteiger partial charge in [-0.05, 0) is 36.0 Å². The van der Waals surface area contributed by atoms with Crippen LogP contribution in [-0.4, -0.2) is 77.7 Å². The number of amides is 2. The van der Waals surface area contributed by atoms with E-state index in [2.05, 4.69) is 5.32 Å². The molecule has 2 aromatic rings. The van der Waals surface area contributed by atoms with Gasteiger partial charge in [-0.3, -0.25) is 19.2 Å². The Bertz CT molecular complexity index is 1310. The van der Waals surface area contributed by atoms with E-state index in [1.54, 1.807) is 24.3 Å². The number of aliphatic carboxylic acids is 2. The molecule has 0 heterocycles. The second-order valence-electron chi connectivity index (χ2n) is 10.4. The van der Waals surface area contributed by atoms with Crippen molar-refractivity contribution in [3.8, 4) is 11.1 Å². The third-order valence-electron chi connectivity index (χ3n) is 7.11. The van der Waals surface area contributed by atoms with Crippen molar-refractivity contribution < 1.29 is 37.8 Å². The number of hydrogen-bond acceptors (Lipinski definition) is 7. The predicted octanol–water partition coefficient (Wildman–Crippen LogP) is 2.19. The standard InChI is InChI=1S/C29H37N3O8S/c30-24(29(37)38)15-16-26(33)31-25(28(36)32(17-27(34)35)23-9-5-2-6-10-23)19-41(39,40)18-20-11-13-22(14-12-20)21-7-3-1-4-8-21/h1,3-4,7-8,11-14,23-25H,2,5-6,9-10,15-19,30H2,(H,31,33)(H,34,35)(H,37,38)/t24-,25-/m0/s1. The number of carboxylic acid groups (broad SMARTS) is 2. The average molecular weight is 588 g/mol. The van der Waals surface area contributed by atoms with E-state index in [9.17, 15) is 32.7 Å². The quantitative estimate of drug-likeness (QED) is 0.257. The van der Waals surface area contributed by atoms with E-state index in [1.165, 1.54) is 0 Å². The Kier molecular flexibility index (Phi) is 11.4. The van der Waals surface area contributed by atoms with Gasteiger partial charge in [0.25, 0.3) is 0 Å². The molecule has 1 fully saturated rings. The van der Waals surface area contributed by atoms with Gasteiger partial charge in [-0.1, -0.05) is 73.9 Å². The smallest absolute Gasteiger partial charge is 0.323 e. The molecule has 0 unspecified atom stereocenters. The lowest BCUT2D eigenvalue weighted by Gasteiger charge is -2.35. The van der Waals surface area contributed by atoms with E-state index in [1.807, 2.05) is 30.3 Å². The van der Waals surface area contributed by atoms with Crippen LogP contribution in [-0.2, 0) is 34.8 Å². The maximum absolute atomic E-state index is 13.7. The van der Waals surface area contributed by atoms with E-state index in [4.69, 9.17) is 10.8 Å². The SMILES string of the molecule is N[C@@H](CCC(=O)N[C@@H](CS(=O)(=O)Cc1ccc(-c2ccccc2)cc1)C(=O)N(CC(=O)O)C1CCCCC1)C(=O)O. The largest absolute Gasteiger partial charge is 0.480 e. The Labute approximate surface area is 239 Å². The molecule has 0 aliphatic heterocycles.